The summed E-state index contributed by atoms with van der Waals surface area (Å²) in [5.41, 5.74) is 5.97. The van der Waals surface area contributed by atoms with Crippen LogP contribution in [0.3, 0.4) is 0 Å². The second kappa shape index (κ2) is 6.25. The topological polar surface area (TPSA) is 61.5 Å². The van der Waals surface area contributed by atoms with Crippen molar-refractivity contribution >= 4 is 5.78 Å². The van der Waals surface area contributed by atoms with E-state index in [4.69, 9.17) is 15.2 Å². The van der Waals surface area contributed by atoms with Gasteiger partial charge in [0.15, 0.2) is 5.78 Å². The standard InChI is InChI=1S/C13H19NO3/c1-9(7-8-14)13(15)12-10(16-2)5-4-6-11(12)17-3/h4-6,9H,7-8,14H2,1-3H3. The van der Waals surface area contributed by atoms with Gasteiger partial charge >= 0.3 is 0 Å². The molecule has 0 saturated heterocycles. The second-order valence-corrected chi connectivity index (χ2v) is 3.88. The van der Waals surface area contributed by atoms with Crippen LogP contribution in [0.1, 0.15) is 23.7 Å². The van der Waals surface area contributed by atoms with E-state index in [0.29, 0.717) is 30.0 Å². The van der Waals surface area contributed by atoms with Gasteiger partial charge in [-0.15, -0.1) is 0 Å². The van der Waals surface area contributed by atoms with E-state index in [1.54, 1.807) is 32.4 Å². The highest BCUT2D eigenvalue weighted by atomic mass is 16.5. The van der Waals surface area contributed by atoms with E-state index in [2.05, 4.69) is 0 Å². The third-order valence-electron chi connectivity index (χ3n) is 2.72. The monoisotopic (exact) mass is 237 g/mol. The molecule has 1 aromatic rings. The van der Waals surface area contributed by atoms with Gasteiger partial charge in [0.25, 0.3) is 0 Å². The number of ether oxygens (including phenoxy) is 2. The second-order valence-electron chi connectivity index (χ2n) is 3.88. The number of nitrogens with two attached hydrogens (primary N) is 1. The Bertz CT molecular complexity index is 368. The van der Waals surface area contributed by atoms with Gasteiger partial charge in [0, 0.05) is 5.92 Å². The highest BCUT2D eigenvalue weighted by molar-refractivity contribution is 6.02. The van der Waals surface area contributed by atoms with Crippen molar-refractivity contribution in [1.29, 1.82) is 0 Å². The molecule has 17 heavy (non-hydrogen) atoms. The predicted molar refractivity (Wildman–Crippen MR) is 66.7 cm³/mol. The average Bonchev–Trinajstić information content (AvgIpc) is 2.37. The fourth-order valence-electron chi connectivity index (χ4n) is 1.72. The van der Waals surface area contributed by atoms with Crippen LogP contribution in [-0.4, -0.2) is 26.5 Å². The molecule has 4 nitrogen and oxygen atoms in total. The van der Waals surface area contributed by atoms with Crippen molar-refractivity contribution in [1.82, 2.24) is 0 Å². The molecule has 0 amide bonds. The van der Waals surface area contributed by atoms with Gasteiger partial charge in [-0.25, -0.2) is 0 Å². The van der Waals surface area contributed by atoms with Crippen LogP contribution in [0, 0.1) is 5.92 Å². The maximum atomic E-state index is 12.3. The average molecular weight is 237 g/mol. The zero-order valence-electron chi connectivity index (χ0n) is 10.5. The summed E-state index contributed by atoms with van der Waals surface area (Å²) in [6.07, 6.45) is 0.653. The number of methoxy groups -OCH3 is 2. The summed E-state index contributed by atoms with van der Waals surface area (Å²) >= 11 is 0. The molecule has 94 valence electrons. The summed E-state index contributed by atoms with van der Waals surface area (Å²) in [5.74, 6) is 0.950. The molecule has 2 N–H and O–H groups in total. The van der Waals surface area contributed by atoms with Crippen molar-refractivity contribution in [3.05, 3.63) is 23.8 Å². The molecule has 1 aromatic carbocycles. The summed E-state index contributed by atoms with van der Waals surface area (Å²) in [7, 11) is 3.08. The van der Waals surface area contributed by atoms with Gasteiger partial charge in [0.1, 0.15) is 17.1 Å². The smallest absolute Gasteiger partial charge is 0.173 e. The lowest BCUT2D eigenvalue weighted by Crippen LogP contribution is -2.17. The summed E-state index contributed by atoms with van der Waals surface area (Å²) in [4.78, 5) is 12.3. The Hall–Kier alpha value is -1.55. The van der Waals surface area contributed by atoms with E-state index in [1.165, 1.54) is 0 Å². The number of carbonyl (C=O) groups excluding carboxylic acids is 1. The van der Waals surface area contributed by atoms with Crippen molar-refractivity contribution in [3.8, 4) is 11.5 Å². The molecule has 4 heteroatoms. The Morgan fingerprint density at radius 2 is 1.82 bits per heavy atom. The van der Waals surface area contributed by atoms with Crippen LogP contribution in [0.4, 0.5) is 0 Å². The number of carbonyl (C=O) groups is 1. The van der Waals surface area contributed by atoms with Crippen LogP contribution in [-0.2, 0) is 0 Å². The zero-order valence-corrected chi connectivity index (χ0v) is 10.5. The molecule has 0 saturated carbocycles. The lowest BCUT2D eigenvalue weighted by Gasteiger charge is -2.15. The molecule has 0 spiro atoms. The van der Waals surface area contributed by atoms with Crippen LogP contribution >= 0.6 is 0 Å². The number of rotatable bonds is 6. The lowest BCUT2D eigenvalue weighted by atomic mass is 9.95. The predicted octanol–water partition coefficient (Wildman–Crippen LogP) is 1.87. The van der Waals surface area contributed by atoms with E-state index in [0.717, 1.165) is 0 Å². The first-order valence-electron chi connectivity index (χ1n) is 5.61. The Kier molecular flexibility index (Phi) is 4.97. The van der Waals surface area contributed by atoms with Crippen LogP contribution in [0.15, 0.2) is 18.2 Å². The Labute approximate surface area is 102 Å². The molecule has 0 aliphatic rings. The molecule has 1 atom stereocenters. The van der Waals surface area contributed by atoms with Gasteiger partial charge in [0.05, 0.1) is 14.2 Å². The molecule has 0 aliphatic heterocycles. The molecular weight excluding hydrogens is 218 g/mol. The zero-order chi connectivity index (χ0) is 12.8. The molecule has 0 radical (unpaired) electrons. The molecule has 0 bridgehead atoms. The lowest BCUT2D eigenvalue weighted by molar-refractivity contribution is 0.0919. The SMILES string of the molecule is COc1cccc(OC)c1C(=O)C(C)CCN. The third kappa shape index (κ3) is 2.97. The number of benzene rings is 1. The van der Waals surface area contributed by atoms with Gasteiger partial charge in [-0.2, -0.15) is 0 Å². The maximum absolute atomic E-state index is 12.3. The van der Waals surface area contributed by atoms with Crippen molar-refractivity contribution < 1.29 is 14.3 Å². The third-order valence-corrected chi connectivity index (χ3v) is 2.72. The number of hydrogen-bond donors (Lipinski definition) is 1. The molecule has 0 fully saturated rings. The molecule has 0 heterocycles. The highest BCUT2D eigenvalue weighted by Gasteiger charge is 2.22. The Morgan fingerprint density at radius 3 is 2.24 bits per heavy atom. The van der Waals surface area contributed by atoms with Crippen LogP contribution < -0.4 is 15.2 Å². The normalized spacial score (nSPS) is 12.0. The first kappa shape index (κ1) is 13.5. The van der Waals surface area contributed by atoms with E-state index in [-0.39, 0.29) is 11.7 Å². The van der Waals surface area contributed by atoms with Gasteiger partial charge in [0.2, 0.25) is 0 Å². The molecule has 1 rings (SSSR count). The first-order valence-corrected chi connectivity index (χ1v) is 5.61. The minimum atomic E-state index is -0.134. The molecule has 0 aliphatic carbocycles. The summed E-state index contributed by atoms with van der Waals surface area (Å²) in [6, 6.07) is 5.30. The molecule has 0 aromatic heterocycles. The van der Waals surface area contributed by atoms with E-state index in [9.17, 15) is 4.79 Å². The van der Waals surface area contributed by atoms with Crippen molar-refractivity contribution in [2.24, 2.45) is 11.7 Å². The maximum Gasteiger partial charge on any atom is 0.173 e. The quantitative estimate of drug-likeness (QED) is 0.767. The van der Waals surface area contributed by atoms with Crippen LogP contribution in [0.25, 0.3) is 0 Å². The molecular formula is C13H19NO3. The van der Waals surface area contributed by atoms with Crippen LogP contribution in [0.5, 0.6) is 11.5 Å². The van der Waals surface area contributed by atoms with Gasteiger partial charge < -0.3 is 15.2 Å². The Morgan fingerprint density at radius 1 is 1.29 bits per heavy atom. The van der Waals surface area contributed by atoms with Crippen molar-refractivity contribution in [2.45, 2.75) is 13.3 Å². The Balaban J connectivity index is 3.13. The highest BCUT2D eigenvalue weighted by Crippen LogP contribution is 2.31. The minimum Gasteiger partial charge on any atom is -0.496 e. The van der Waals surface area contributed by atoms with Crippen molar-refractivity contribution in [3.63, 3.8) is 0 Å². The van der Waals surface area contributed by atoms with Gasteiger partial charge in [-0.05, 0) is 25.1 Å². The minimum absolute atomic E-state index is 0.00440. The summed E-state index contributed by atoms with van der Waals surface area (Å²) in [6.45, 7) is 2.35. The number of Topliss-reactive ketones (excluding diaryl/α,β-unsaturated/α-hetero) is 1. The summed E-state index contributed by atoms with van der Waals surface area (Å²) < 4.78 is 10.4. The van der Waals surface area contributed by atoms with E-state index < -0.39 is 0 Å². The fourth-order valence-corrected chi connectivity index (χ4v) is 1.72. The first-order chi connectivity index (χ1) is 8.15. The largest absolute Gasteiger partial charge is 0.496 e. The fraction of sp³-hybridized carbons (Fsp3) is 0.462. The van der Waals surface area contributed by atoms with E-state index in [1.807, 2.05) is 6.92 Å². The number of hydrogen-bond acceptors (Lipinski definition) is 4. The number of ketones is 1. The summed E-state index contributed by atoms with van der Waals surface area (Å²) in [5, 5.41) is 0. The van der Waals surface area contributed by atoms with Crippen LogP contribution in [0.2, 0.25) is 0 Å². The van der Waals surface area contributed by atoms with E-state index >= 15 is 0 Å². The van der Waals surface area contributed by atoms with Gasteiger partial charge in [-0.1, -0.05) is 13.0 Å². The van der Waals surface area contributed by atoms with Crippen molar-refractivity contribution in [2.75, 3.05) is 20.8 Å². The van der Waals surface area contributed by atoms with Gasteiger partial charge in [-0.3, -0.25) is 4.79 Å². The molecule has 1 unspecified atom stereocenters.